The Hall–Kier alpha value is -1.89. The summed E-state index contributed by atoms with van der Waals surface area (Å²) in [5.74, 6) is -2.14. The average Bonchev–Trinajstić information content (AvgIpc) is 2.51. The van der Waals surface area contributed by atoms with E-state index in [-0.39, 0.29) is 30.6 Å². The molecule has 0 saturated heterocycles. The Bertz CT molecular complexity index is 403. The van der Waals surface area contributed by atoms with E-state index < -0.39 is 17.9 Å². The van der Waals surface area contributed by atoms with Gasteiger partial charge < -0.3 is 19.3 Å². The SMILES string of the molecule is [3H]OCCCCC(C(=O)OC)=C(CC(=O)OC)C(=O)OC. The first-order chi connectivity index (χ1) is 10.0. The molecule has 0 aromatic rings. The van der Waals surface area contributed by atoms with E-state index in [2.05, 4.69) is 19.3 Å². The van der Waals surface area contributed by atoms with E-state index in [9.17, 15) is 14.4 Å². The topological polar surface area (TPSA) is 99.1 Å². The molecule has 0 fully saturated rings. The number of aliphatic hydroxyl groups excluding tert-OH is 1. The average molecular weight is 290 g/mol. The lowest BCUT2D eigenvalue weighted by atomic mass is 9.99. The van der Waals surface area contributed by atoms with Crippen LogP contribution in [0.4, 0.5) is 0 Å². The summed E-state index contributed by atoms with van der Waals surface area (Å²) in [5, 5.41) is 4.17. The number of ether oxygens (including phenoxy) is 3. The van der Waals surface area contributed by atoms with Crippen molar-refractivity contribution in [3.05, 3.63) is 11.1 Å². The van der Waals surface area contributed by atoms with Gasteiger partial charge in [0.15, 0.2) is 0 Å². The number of hydrogen-bond donors (Lipinski definition) is 1. The van der Waals surface area contributed by atoms with Gasteiger partial charge in [-0.2, -0.15) is 0 Å². The normalized spacial score (nSPS) is 12.1. The summed E-state index contributed by atoms with van der Waals surface area (Å²) in [6.45, 7) is 0.207. The molecule has 0 unspecified atom stereocenters. The first kappa shape index (κ1) is 16.2. The van der Waals surface area contributed by atoms with Crippen molar-refractivity contribution in [1.29, 1.82) is 1.43 Å². The third-order valence-corrected chi connectivity index (χ3v) is 2.60. The number of esters is 3. The fourth-order valence-corrected chi connectivity index (χ4v) is 1.54. The van der Waals surface area contributed by atoms with E-state index >= 15 is 0 Å². The summed E-state index contributed by atoms with van der Waals surface area (Å²) in [6, 6.07) is 0. The number of carbonyl (C=O) groups excluding carboxylic acids is 3. The molecule has 1 N–H and O–H groups in total. The Morgan fingerprint density at radius 2 is 1.55 bits per heavy atom. The van der Waals surface area contributed by atoms with Gasteiger partial charge in [0.25, 0.3) is 0 Å². The maximum Gasteiger partial charge on any atom is 0.334 e. The lowest BCUT2D eigenvalue weighted by molar-refractivity contribution is -0.143. The van der Waals surface area contributed by atoms with Crippen LogP contribution in [0.1, 0.15) is 25.7 Å². The molecule has 0 saturated carbocycles. The Morgan fingerprint density at radius 3 is 2.05 bits per heavy atom. The summed E-state index contributed by atoms with van der Waals surface area (Å²) >= 11 is 0. The predicted molar refractivity (Wildman–Crippen MR) is 68.6 cm³/mol. The zero-order chi connectivity index (χ0) is 16.3. The molecule has 7 nitrogen and oxygen atoms in total. The smallest absolute Gasteiger partial charge is 0.334 e. The molecule has 114 valence electrons. The zero-order valence-corrected chi connectivity index (χ0v) is 11.9. The van der Waals surface area contributed by atoms with Crippen molar-refractivity contribution in [3.8, 4) is 0 Å². The van der Waals surface area contributed by atoms with Crippen LogP contribution in [0.15, 0.2) is 11.1 Å². The van der Waals surface area contributed by atoms with Crippen molar-refractivity contribution >= 4 is 17.9 Å². The second kappa shape index (κ2) is 9.96. The second-order valence-electron chi connectivity index (χ2n) is 3.85. The highest BCUT2D eigenvalue weighted by Crippen LogP contribution is 2.19. The molecule has 0 radical (unpaired) electrons. The van der Waals surface area contributed by atoms with Gasteiger partial charge in [0, 0.05) is 12.2 Å². The van der Waals surface area contributed by atoms with Gasteiger partial charge in [-0.25, -0.2) is 9.59 Å². The van der Waals surface area contributed by atoms with Gasteiger partial charge in [-0.15, -0.1) is 0 Å². The van der Waals surface area contributed by atoms with Gasteiger partial charge >= 0.3 is 17.9 Å². The first-order valence-corrected chi connectivity index (χ1v) is 6.05. The standard InChI is InChI=1S/C13H20O7/c1-18-11(15)8-10(13(17)20-3)9(12(16)19-2)6-4-5-7-14/h14H,4-8H2,1-3H3/i14T. The fourth-order valence-electron chi connectivity index (χ4n) is 1.54. The monoisotopic (exact) mass is 290 g/mol. The van der Waals surface area contributed by atoms with Gasteiger partial charge in [-0.05, 0) is 19.3 Å². The second-order valence-corrected chi connectivity index (χ2v) is 3.85. The minimum Gasteiger partial charge on any atom is -0.469 e. The first-order valence-electron chi connectivity index (χ1n) is 6.46. The van der Waals surface area contributed by atoms with Gasteiger partial charge in [0.05, 0.1) is 33.3 Å². The summed E-state index contributed by atoms with van der Waals surface area (Å²) in [4.78, 5) is 34.9. The van der Waals surface area contributed by atoms with Gasteiger partial charge in [-0.3, -0.25) is 4.79 Å². The highest BCUT2D eigenvalue weighted by atomic mass is 16.5. The molecule has 0 aliphatic heterocycles. The van der Waals surface area contributed by atoms with Crippen LogP contribution in [0.25, 0.3) is 0 Å². The molecule has 0 spiro atoms. The highest BCUT2D eigenvalue weighted by molar-refractivity contribution is 6.03. The van der Waals surface area contributed by atoms with E-state index in [1.54, 1.807) is 0 Å². The molecule has 0 amide bonds. The number of hydrogen-bond acceptors (Lipinski definition) is 7. The van der Waals surface area contributed by atoms with Crippen LogP contribution < -0.4 is 0 Å². The van der Waals surface area contributed by atoms with Gasteiger partial charge in [0.2, 0.25) is 1.43 Å². The molecule has 20 heavy (non-hydrogen) atoms. The van der Waals surface area contributed by atoms with Crippen molar-refractivity contribution < 1.29 is 33.7 Å². The van der Waals surface area contributed by atoms with Crippen LogP contribution in [0.3, 0.4) is 0 Å². The van der Waals surface area contributed by atoms with Crippen LogP contribution in [-0.4, -0.2) is 52.4 Å². The molecular weight excluding hydrogens is 268 g/mol. The fraction of sp³-hybridized carbons (Fsp3) is 0.615. The molecule has 0 heterocycles. The van der Waals surface area contributed by atoms with Crippen LogP contribution in [0, 0.1) is 0 Å². The minimum atomic E-state index is -0.780. The van der Waals surface area contributed by atoms with E-state index in [1.165, 1.54) is 14.2 Å². The highest BCUT2D eigenvalue weighted by Gasteiger charge is 2.24. The van der Waals surface area contributed by atoms with E-state index in [0.717, 1.165) is 7.11 Å². The van der Waals surface area contributed by atoms with Crippen LogP contribution in [-0.2, 0) is 28.6 Å². The van der Waals surface area contributed by atoms with Crippen LogP contribution in [0.5, 0.6) is 0 Å². The van der Waals surface area contributed by atoms with E-state index in [1.807, 2.05) is 0 Å². The molecule has 0 atom stereocenters. The molecule has 0 rings (SSSR count). The Balaban J connectivity index is 5.30. The Kier molecular flexibility index (Phi) is 8.05. The van der Waals surface area contributed by atoms with Gasteiger partial charge in [0.1, 0.15) is 0 Å². The van der Waals surface area contributed by atoms with Crippen LogP contribution in [0.2, 0.25) is 0 Å². The molecule has 0 aromatic heterocycles. The van der Waals surface area contributed by atoms with E-state index in [0.29, 0.717) is 12.8 Å². The van der Waals surface area contributed by atoms with Crippen molar-refractivity contribution in [2.75, 3.05) is 27.9 Å². The maximum absolute atomic E-state index is 11.8. The zero-order valence-electron chi connectivity index (χ0n) is 12.9. The Morgan fingerprint density at radius 1 is 0.950 bits per heavy atom. The third-order valence-electron chi connectivity index (χ3n) is 2.60. The molecule has 0 aliphatic carbocycles. The summed E-state index contributed by atoms with van der Waals surface area (Å²) in [5.41, 5.74) is -0.0114. The summed E-state index contributed by atoms with van der Waals surface area (Å²) in [6.07, 6.45) is 0.849. The van der Waals surface area contributed by atoms with Crippen molar-refractivity contribution in [2.45, 2.75) is 25.7 Å². The third kappa shape index (κ3) is 5.83. The van der Waals surface area contributed by atoms with E-state index in [4.69, 9.17) is 1.43 Å². The van der Waals surface area contributed by atoms with Crippen molar-refractivity contribution in [1.82, 2.24) is 0 Å². The largest absolute Gasteiger partial charge is 0.469 e. The van der Waals surface area contributed by atoms with Crippen molar-refractivity contribution in [2.24, 2.45) is 0 Å². The van der Waals surface area contributed by atoms with Gasteiger partial charge in [-0.1, -0.05) is 0 Å². The molecule has 0 bridgehead atoms. The minimum absolute atomic E-state index is 0.0692. The lowest BCUT2D eigenvalue weighted by Crippen LogP contribution is -2.18. The molecule has 0 aromatic carbocycles. The molecular formula is C13H20O7. The number of rotatable bonds is 9. The maximum atomic E-state index is 11.8. The number of aliphatic hydroxyl groups is 1. The lowest BCUT2D eigenvalue weighted by Gasteiger charge is -2.11. The van der Waals surface area contributed by atoms with Crippen LogP contribution >= 0.6 is 0 Å². The van der Waals surface area contributed by atoms with Crippen molar-refractivity contribution in [3.63, 3.8) is 0 Å². The quantitative estimate of drug-likeness (QED) is 0.283. The molecule has 0 aliphatic rings. The number of carbonyl (C=O) groups is 3. The molecule has 7 heteroatoms. The number of methoxy groups -OCH3 is 3. The Labute approximate surface area is 119 Å². The summed E-state index contributed by atoms with van der Waals surface area (Å²) in [7, 11) is 3.52. The number of unbranched alkanes of at least 4 members (excludes halogenated alkanes) is 1. The summed E-state index contributed by atoms with van der Waals surface area (Å²) < 4.78 is 20.3. The predicted octanol–water partition coefficient (Wildman–Crippen LogP) is 0.355.